The van der Waals surface area contributed by atoms with Crippen LogP contribution in [0.4, 0.5) is 0 Å². The number of likely N-dealkylation sites (tertiary alicyclic amines) is 1. The van der Waals surface area contributed by atoms with Crippen molar-refractivity contribution >= 4 is 17.1 Å². The van der Waals surface area contributed by atoms with Gasteiger partial charge >= 0.3 is 5.97 Å². The zero-order valence-electron chi connectivity index (χ0n) is 19.0. The summed E-state index contributed by atoms with van der Waals surface area (Å²) >= 11 is 0. The van der Waals surface area contributed by atoms with E-state index < -0.39 is 5.97 Å². The van der Waals surface area contributed by atoms with Crippen molar-refractivity contribution < 1.29 is 19.0 Å². The molecule has 1 fully saturated rings. The Morgan fingerprint density at radius 1 is 1.00 bits per heavy atom. The van der Waals surface area contributed by atoms with E-state index in [1.165, 1.54) is 33.0 Å². The average molecular weight is 439 g/mol. The topological polar surface area (TPSA) is 78.7 Å². The number of ether oxygens (including phenoxy) is 3. The van der Waals surface area contributed by atoms with Crippen LogP contribution in [0.3, 0.4) is 0 Å². The lowest BCUT2D eigenvalue weighted by Gasteiger charge is -2.15. The molecule has 1 saturated heterocycles. The number of carbonyl (C=O) groups is 1. The molecule has 8 nitrogen and oxygen atoms in total. The maximum atomic E-state index is 12.0. The summed E-state index contributed by atoms with van der Waals surface area (Å²) in [6.45, 7) is 4.34. The zero-order valence-corrected chi connectivity index (χ0v) is 19.0. The Hall–Kier alpha value is -3.13. The number of carbonyl (C=O) groups excluding carboxylic acids is 1. The minimum atomic E-state index is -0.424. The van der Waals surface area contributed by atoms with Crippen LogP contribution >= 0.6 is 0 Å². The summed E-state index contributed by atoms with van der Waals surface area (Å²) < 4.78 is 17.8. The van der Waals surface area contributed by atoms with Crippen molar-refractivity contribution in [1.82, 2.24) is 19.4 Å². The van der Waals surface area contributed by atoms with E-state index in [9.17, 15) is 4.79 Å². The van der Waals surface area contributed by atoms with Crippen LogP contribution in [-0.4, -0.2) is 66.4 Å². The van der Waals surface area contributed by atoms with E-state index in [4.69, 9.17) is 19.2 Å². The van der Waals surface area contributed by atoms with Gasteiger partial charge in [0.15, 0.2) is 17.1 Å². The summed E-state index contributed by atoms with van der Waals surface area (Å²) in [5.41, 5.74) is 2.71. The molecular formula is C24H30N4O4. The molecule has 0 bridgehead atoms. The van der Waals surface area contributed by atoms with Crippen LogP contribution in [0.5, 0.6) is 11.5 Å². The molecule has 8 heteroatoms. The van der Waals surface area contributed by atoms with Crippen LogP contribution < -0.4 is 9.47 Å². The molecule has 4 rings (SSSR count). The van der Waals surface area contributed by atoms with Crippen molar-refractivity contribution in [3.05, 3.63) is 36.0 Å². The summed E-state index contributed by atoms with van der Waals surface area (Å²) in [5, 5.41) is 0. The molecule has 3 heterocycles. The van der Waals surface area contributed by atoms with Crippen LogP contribution in [0.25, 0.3) is 22.6 Å². The highest BCUT2D eigenvalue weighted by atomic mass is 16.5. The van der Waals surface area contributed by atoms with Gasteiger partial charge in [0.25, 0.3) is 0 Å². The second-order valence-electron chi connectivity index (χ2n) is 7.97. The quantitative estimate of drug-likeness (QED) is 0.372. The third-order valence-corrected chi connectivity index (χ3v) is 5.95. The number of rotatable bonds is 9. The highest BCUT2D eigenvalue weighted by Gasteiger charge is 2.18. The van der Waals surface area contributed by atoms with Crippen LogP contribution in [-0.2, 0) is 11.3 Å². The van der Waals surface area contributed by atoms with Gasteiger partial charge in [0.1, 0.15) is 11.3 Å². The number of methoxy groups -OCH3 is 3. The molecule has 0 amide bonds. The number of hydrogen-bond acceptors (Lipinski definition) is 7. The first-order valence-electron chi connectivity index (χ1n) is 11.0. The van der Waals surface area contributed by atoms with E-state index in [1.807, 2.05) is 18.2 Å². The molecule has 1 aliphatic rings. The van der Waals surface area contributed by atoms with E-state index in [2.05, 4.69) is 14.5 Å². The fourth-order valence-electron chi connectivity index (χ4n) is 4.26. The second-order valence-corrected chi connectivity index (χ2v) is 7.97. The van der Waals surface area contributed by atoms with Gasteiger partial charge in [-0.1, -0.05) is 0 Å². The Morgan fingerprint density at radius 3 is 2.47 bits per heavy atom. The fraction of sp³-hybridized carbons (Fsp3) is 0.458. The number of benzene rings is 1. The van der Waals surface area contributed by atoms with Crippen molar-refractivity contribution in [2.75, 3.05) is 41.0 Å². The Bertz CT molecular complexity index is 1090. The van der Waals surface area contributed by atoms with Gasteiger partial charge in [-0.15, -0.1) is 0 Å². The molecule has 0 N–H and O–H groups in total. The summed E-state index contributed by atoms with van der Waals surface area (Å²) in [7, 11) is 4.60. The van der Waals surface area contributed by atoms with Gasteiger partial charge in [0.2, 0.25) is 0 Å². The number of fused-ring (bicyclic) bond motifs is 1. The van der Waals surface area contributed by atoms with Crippen molar-refractivity contribution in [1.29, 1.82) is 0 Å². The third kappa shape index (κ3) is 4.55. The van der Waals surface area contributed by atoms with Crippen molar-refractivity contribution in [2.45, 2.75) is 32.2 Å². The number of aryl methyl sites for hydroxylation is 1. The Labute approximate surface area is 188 Å². The predicted molar refractivity (Wildman–Crippen MR) is 122 cm³/mol. The third-order valence-electron chi connectivity index (χ3n) is 5.95. The lowest BCUT2D eigenvalue weighted by Crippen LogP contribution is -2.20. The molecule has 0 radical (unpaired) electrons. The normalized spacial score (nSPS) is 14.1. The minimum Gasteiger partial charge on any atom is -0.493 e. The van der Waals surface area contributed by atoms with E-state index in [0.29, 0.717) is 22.6 Å². The SMILES string of the molecule is COC(=O)c1cnc2c(c1)nc(-c1ccc(OC)c(OC)c1)n2CCCCN1CCCC1. The molecule has 0 saturated carbocycles. The van der Waals surface area contributed by atoms with Crippen LogP contribution in [0.2, 0.25) is 0 Å². The number of pyridine rings is 1. The van der Waals surface area contributed by atoms with E-state index in [0.717, 1.165) is 43.0 Å². The maximum absolute atomic E-state index is 12.0. The van der Waals surface area contributed by atoms with Crippen LogP contribution in [0.15, 0.2) is 30.5 Å². The van der Waals surface area contributed by atoms with Gasteiger partial charge < -0.3 is 23.7 Å². The molecule has 32 heavy (non-hydrogen) atoms. The van der Waals surface area contributed by atoms with Gasteiger partial charge in [-0.05, 0) is 69.6 Å². The smallest absolute Gasteiger partial charge is 0.339 e. The molecule has 3 aromatic rings. The number of hydrogen-bond donors (Lipinski definition) is 0. The van der Waals surface area contributed by atoms with Gasteiger partial charge in [-0.2, -0.15) is 0 Å². The first-order chi connectivity index (χ1) is 15.6. The van der Waals surface area contributed by atoms with Gasteiger partial charge in [0.05, 0.1) is 26.9 Å². The monoisotopic (exact) mass is 438 g/mol. The number of imidazole rings is 1. The molecule has 1 aliphatic heterocycles. The molecule has 1 aromatic carbocycles. The van der Waals surface area contributed by atoms with Crippen molar-refractivity contribution in [3.63, 3.8) is 0 Å². The lowest BCUT2D eigenvalue weighted by molar-refractivity contribution is 0.0600. The number of unbranched alkanes of at least 4 members (excludes halogenated alkanes) is 1. The molecular weight excluding hydrogens is 408 g/mol. The average Bonchev–Trinajstić information content (AvgIpc) is 3.48. The summed E-state index contributed by atoms with van der Waals surface area (Å²) in [6.07, 6.45) is 6.30. The molecule has 0 spiro atoms. The van der Waals surface area contributed by atoms with Crippen molar-refractivity contribution in [3.8, 4) is 22.9 Å². The molecule has 170 valence electrons. The van der Waals surface area contributed by atoms with E-state index >= 15 is 0 Å². The zero-order chi connectivity index (χ0) is 22.5. The van der Waals surface area contributed by atoms with Crippen LogP contribution in [0, 0.1) is 0 Å². The number of aromatic nitrogens is 3. The molecule has 0 atom stereocenters. The fourth-order valence-corrected chi connectivity index (χ4v) is 4.26. The maximum Gasteiger partial charge on any atom is 0.339 e. The Kier molecular flexibility index (Phi) is 6.90. The van der Waals surface area contributed by atoms with Gasteiger partial charge in [-0.25, -0.2) is 14.8 Å². The van der Waals surface area contributed by atoms with Crippen molar-refractivity contribution in [2.24, 2.45) is 0 Å². The lowest BCUT2D eigenvalue weighted by atomic mass is 10.2. The standard InChI is InChI=1S/C24H30N4O4/c1-30-20-9-8-17(15-21(20)31-2)22-26-19-14-18(24(29)32-3)16-25-23(19)28(22)13-7-6-12-27-10-4-5-11-27/h8-9,14-16H,4-7,10-13H2,1-3H3. The predicted octanol–water partition coefficient (Wildman–Crippen LogP) is 3.78. The first kappa shape index (κ1) is 22.1. The van der Waals surface area contributed by atoms with E-state index in [-0.39, 0.29) is 0 Å². The Balaban J connectivity index is 1.67. The highest BCUT2D eigenvalue weighted by Crippen LogP contribution is 2.33. The summed E-state index contributed by atoms with van der Waals surface area (Å²) in [5.74, 6) is 1.67. The molecule has 2 aromatic heterocycles. The molecule has 0 aliphatic carbocycles. The second kappa shape index (κ2) is 9.99. The van der Waals surface area contributed by atoms with Crippen LogP contribution in [0.1, 0.15) is 36.0 Å². The van der Waals surface area contributed by atoms with Gasteiger partial charge in [-0.3, -0.25) is 0 Å². The van der Waals surface area contributed by atoms with Gasteiger partial charge in [0, 0.05) is 18.3 Å². The highest BCUT2D eigenvalue weighted by molar-refractivity contribution is 5.92. The first-order valence-corrected chi connectivity index (χ1v) is 11.0. The summed E-state index contributed by atoms with van der Waals surface area (Å²) in [4.78, 5) is 23.9. The van der Waals surface area contributed by atoms with E-state index in [1.54, 1.807) is 26.5 Å². The minimum absolute atomic E-state index is 0.387. The number of nitrogens with zero attached hydrogens (tertiary/aromatic N) is 4. The largest absolute Gasteiger partial charge is 0.493 e. The Morgan fingerprint density at radius 2 is 1.75 bits per heavy atom. The molecule has 0 unspecified atom stereocenters. The summed E-state index contributed by atoms with van der Waals surface area (Å²) in [6, 6.07) is 7.49. The number of esters is 1.